The molecule has 0 unspecified atom stereocenters. The Labute approximate surface area is 136 Å². The summed E-state index contributed by atoms with van der Waals surface area (Å²) in [6.07, 6.45) is 2.31. The number of rotatable bonds is 5. The van der Waals surface area contributed by atoms with Crippen LogP contribution in [0.1, 0.15) is 19.8 Å². The van der Waals surface area contributed by atoms with Crippen molar-refractivity contribution in [1.29, 1.82) is 0 Å². The molecule has 0 bridgehead atoms. The molecule has 1 heterocycles. The number of hydrogen-bond donors (Lipinski definition) is 0. The molecule has 3 heteroatoms. The Bertz CT molecular complexity index is 822. The molecule has 3 aromatic rings. The summed E-state index contributed by atoms with van der Waals surface area (Å²) in [7, 11) is 0. The molecule has 0 amide bonds. The molecule has 3 rings (SSSR count). The van der Waals surface area contributed by atoms with Crippen LogP contribution in [0.3, 0.4) is 0 Å². The van der Waals surface area contributed by atoms with Gasteiger partial charge in [-0.2, -0.15) is 0 Å². The fraction of sp³-hybridized carbons (Fsp3) is 0.211. The summed E-state index contributed by atoms with van der Waals surface area (Å²) in [5.41, 5.74) is 1.79. The average molecular weight is 357 g/mol. The molecule has 0 fully saturated rings. The van der Waals surface area contributed by atoms with E-state index in [1.54, 1.807) is 0 Å². The predicted molar refractivity (Wildman–Crippen MR) is 93.0 cm³/mol. The van der Waals surface area contributed by atoms with Crippen LogP contribution in [0.2, 0.25) is 5.32 Å². The second kappa shape index (κ2) is 6.95. The maximum atomic E-state index is 12.9. The fourth-order valence-corrected chi connectivity index (χ4v) is 4.81. The molecule has 0 saturated carbocycles. The molecule has 22 heavy (non-hydrogen) atoms. The first-order valence-electron chi connectivity index (χ1n) is 7.55. The molecular weight excluding hydrogens is 339 g/mol. The zero-order valence-corrected chi connectivity index (χ0v) is 14.3. The number of para-hydroxylation sites is 1. The van der Waals surface area contributed by atoms with Gasteiger partial charge in [0, 0.05) is 0 Å². The Balaban J connectivity index is 2.19. The summed E-state index contributed by atoms with van der Waals surface area (Å²) < 4.78 is 6.97. The molecule has 0 N–H and O–H groups in total. The normalized spacial score (nSPS) is 11.0. The van der Waals surface area contributed by atoms with Crippen LogP contribution in [0.15, 0.2) is 63.8 Å². The van der Waals surface area contributed by atoms with Gasteiger partial charge in [-0.15, -0.1) is 0 Å². The van der Waals surface area contributed by atoms with E-state index in [-0.39, 0.29) is 20.4 Å². The molecule has 0 aliphatic heterocycles. The van der Waals surface area contributed by atoms with E-state index < -0.39 is 0 Å². The van der Waals surface area contributed by atoms with Crippen LogP contribution in [0, 0.1) is 0 Å². The van der Waals surface area contributed by atoms with Crippen molar-refractivity contribution in [3.63, 3.8) is 0 Å². The third-order valence-corrected chi connectivity index (χ3v) is 5.95. The molecule has 0 saturated heterocycles. The zero-order chi connectivity index (χ0) is 15.4. The number of benzene rings is 2. The first-order chi connectivity index (χ1) is 10.8. The molecule has 112 valence electrons. The summed E-state index contributed by atoms with van der Waals surface area (Å²) >= 11 is 0.145. The van der Waals surface area contributed by atoms with E-state index in [4.69, 9.17) is 4.42 Å². The summed E-state index contributed by atoms with van der Waals surface area (Å²) in [4.78, 5) is 12.9. The van der Waals surface area contributed by atoms with Gasteiger partial charge in [-0.05, 0) is 0 Å². The minimum atomic E-state index is 0.136. The average Bonchev–Trinajstić information content (AvgIpc) is 2.57. The van der Waals surface area contributed by atoms with Gasteiger partial charge in [-0.1, -0.05) is 0 Å². The van der Waals surface area contributed by atoms with E-state index in [0.29, 0.717) is 11.0 Å². The summed E-state index contributed by atoms with van der Waals surface area (Å²) in [6.45, 7) is 2.18. The molecule has 0 radical (unpaired) electrons. The van der Waals surface area contributed by atoms with Gasteiger partial charge in [0.15, 0.2) is 0 Å². The van der Waals surface area contributed by atoms with Crippen molar-refractivity contribution in [3.05, 3.63) is 64.8 Å². The van der Waals surface area contributed by atoms with Crippen LogP contribution in [0.5, 0.6) is 0 Å². The monoisotopic (exact) mass is 358 g/mol. The number of fused-ring (bicyclic) bond motifs is 1. The quantitative estimate of drug-likeness (QED) is 0.510. The van der Waals surface area contributed by atoms with Crippen molar-refractivity contribution in [3.8, 4) is 11.3 Å². The van der Waals surface area contributed by atoms with E-state index >= 15 is 0 Å². The Morgan fingerprint density at radius 2 is 1.73 bits per heavy atom. The third kappa shape index (κ3) is 3.01. The first kappa shape index (κ1) is 15.1. The summed E-state index contributed by atoms with van der Waals surface area (Å²) in [6, 6.07) is 17.5. The van der Waals surface area contributed by atoms with Gasteiger partial charge in [0.1, 0.15) is 0 Å². The first-order valence-corrected chi connectivity index (χ1v) is 9.62. The van der Waals surface area contributed by atoms with Crippen molar-refractivity contribution in [2.75, 3.05) is 0 Å². The molecule has 2 aromatic carbocycles. The van der Waals surface area contributed by atoms with Gasteiger partial charge >= 0.3 is 136 Å². The number of hydrogen-bond acceptors (Lipinski definition) is 2. The Morgan fingerprint density at radius 1 is 1.00 bits per heavy atom. The van der Waals surface area contributed by atoms with Crippen LogP contribution in [0.4, 0.5) is 0 Å². The van der Waals surface area contributed by atoms with Gasteiger partial charge in [0.25, 0.3) is 0 Å². The zero-order valence-electron chi connectivity index (χ0n) is 12.5. The van der Waals surface area contributed by atoms with Gasteiger partial charge in [0.05, 0.1) is 0 Å². The molecule has 0 atom stereocenters. The minimum absolute atomic E-state index is 0.136. The van der Waals surface area contributed by atoms with Crippen molar-refractivity contribution in [1.82, 2.24) is 0 Å². The Hall–Kier alpha value is -1.83. The van der Waals surface area contributed by atoms with E-state index in [2.05, 4.69) is 6.92 Å². The van der Waals surface area contributed by atoms with E-state index in [9.17, 15) is 4.79 Å². The molecule has 0 aliphatic rings. The van der Waals surface area contributed by atoms with Crippen molar-refractivity contribution < 1.29 is 4.42 Å². The van der Waals surface area contributed by atoms with Gasteiger partial charge < -0.3 is 0 Å². The van der Waals surface area contributed by atoms with Crippen molar-refractivity contribution in [2.24, 2.45) is 0 Å². The van der Waals surface area contributed by atoms with E-state index in [1.807, 2.05) is 54.6 Å². The Kier molecular flexibility index (Phi) is 4.77. The number of unbranched alkanes of at least 4 members (excludes halogenated alkanes) is 1. The van der Waals surface area contributed by atoms with Crippen molar-refractivity contribution >= 4 is 30.4 Å². The Morgan fingerprint density at radius 3 is 2.50 bits per heavy atom. The van der Waals surface area contributed by atoms with Gasteiger partial charge in [-0.3, -0.25) is 0 Å². The predicted octanol–water partition coefficient (Wildman–Crippen LogP) is 4.01. The molecule has 0 spiro atoms. The van der Waals surface area contributed by atoms with Crippen LogP contribution in [-0.4, -0.2) is 15.0 Å². The van der Waals surface area contributed by atoms with E-state index in [1.165, 1.54) is 0 Å². The van der Waals surface area contributed by atoms with Gasteiger partial charge in [0.2, 0.25) is 0 Å². The standard InChI is InChI=1S/C19H18O2Se/c1-2-3-13-22-19-17(20)15-11-7-8-12-16(15)21-18(19)14-9-5-4-6-10-14/h4-12H,2-3,13H2,1H3. The topological polar surface area (TPSA) is 30.2 Å². The van der Waals surface area contributed by atoms with Gasteiger partial charge in [-0.25, -0.2) is 0 Å². The third-order valence-electron chi connectivity index (χ3n) is 3.54. The molecule has 1 aromatic heterocycles. The summed E-state index contributed by atoms with van der Waals surface area (Å²) in [5, 5.41) is 1.77. The van der Waals surface area contributed by atoms with Crippen LogP contribution in [0.25, 0.3) is 22.3 Å². The van der Waals surface area contributed by atoms with Crippen molar-refractivity contribution in [2.45, 2.75) is 25.1 Å². The molecule has 0 aliphatic carbocycles. The van der Waals surface area contributed by atoms with Crippen LogP contribution in [-0.2, 0) is 0 Å². The second-order valence-corrected chi connectivity index (χ2v) is 7.47. The van der Waals surface area contributed by atoms with Crippen LogP contribution >= 0.6 is 0 Å². The SMILES string of the molecule is CCCC[Se]c1c(-c2ccccc2)oc2ccccc2c1=O. The fourth-order valence-electron chi connectivity index (χ4n) is 2.35. The molecular formula is C19H18O2Se. The van der Waals surface area contributed by atoms with E-state index in [0.717, 1.165) is 33.9 Å². The second-order valence-electron chi connectivity index (χ2n) is 5.15. The molecule has 2 nitrogen and oxygen atoms in total. The van der Waals surface area contributed by atoms with Crippen LogP contribution < -0.4 is 9.89 Å². The summed E-state index contributed by atoms with van der Waals surface area (Å²) in [5.74, 6) is 0.750. The maximum absolute atomic E-state index is 12.9.